The summed E-state index contributed by atoms with van der Waals surface area (Å²) in [5.74, 6) is 0.309. The lowest BCUT2D eigenvalue weighted by Gasteiger charge is -2.37. The van der Waals surface area contributed by atoms with Crippen molar-refractivity contribution in [1.29, 1.82) is 5.26 Å². The standard InChI is InChI=1S/C21H24FN5O/c22-16-5-3-14(4-6-16)15-10-19(27-9-1-2-17(24)13-27)20(11-15)28-21-18(12-23)25-7-8-26-21/h3-8,15,17,19-20H,1-2,9-11,13,24H2. The van der Waals surface area contributed by atoms with E-state index in [1.807, 2.05) is 18.2 Å². The van der Waals surface area contributed by atoms with Gasteiger partial charge in [0.25, 0.3) is 5.88 Å². The minimum absolute atomic E-state index is 0.121. The van der Waals surface area contributed by atoms with Crippen LogP contribution in [0.2, 0.25) is 0 Å². The second kappa shape index (κ2) is 8.21. The first-order valence-electron chi connectivity index (χ1n) is 9.77. The highest BCUT2D eigenvalue weighted by molar-refractivity contribution is 5.31. The first kappa shape index (κ1) is 18.8. The van der Waals surface area contributed by atoms with E-state index in [2.05, 4.69) is 14.9 Å². The molecule has 2 aliphatic rings. The fourth-order valence-corrected chi connectivity index (χ4v) is 4.47. The molecule has 28 heavy (non-hydrogen) atoms. The average Bonchev–Trinajstić information content (AvgIpc) is 3.13. The van der Waals surface area contributed by atoms with E-state index in [4.69, 9.17) is 10.5 Å². The zero-order valence-electron chi connectivity index (χ0n) is 15.7. The van der Waals surface area contributed by atoms with Crippen LogP contribution in [0.5, 0.6) is 5.88 Å². The molecule has 0 amide bonds. The number of hydrogen-bond donors (Lipinski definition) is 1. The number of likely N-dealkylation sites (tertiary alicyclic amines) is 1. The lowest BCUT2D eigenvalue weighted by molar-refractivity contribution is 0.0652. The Hall–Kier alpha value is -2.56. The van der Waals surface area contributed by atoms with Crippen molar-refractivity contribution in [3.63, 3.8) is 0 Å². The first-order valence-corrected chi connectivity index (χ1v) is 9.77. The van der Waals surface area contributed by atoms with E-state index in [9.17, 15) is 9.65 Å². The molecule has 1 aliphatic carbocycles. The normalized spacial score (nSPS) is 28.0. The van der Waals surface area contributed by atoms with Crippen molar-refractivity contribution >= 4 is 0 Å². The highest BCUT2D eigenvalue weighted by Crippen LogP contribution is 2.40. The van der Waals surface area contributed by atoms with Gasteiger partial charge in [0.05, 0.1) is 0 Å². The topological polar surface area (TPSA) is 88.1 Å². The molecule has 2 fully saturated rings. The second-order valence-electron chi connectivity index (χ2n) is 7.66. The number of rotatable bonds is 4. The molecule has 1 saturated heterocycles. The Morgan fingerprint density at radius 1 is 1.18 bits per heavy atom. The third-order valence-electron chi connectivity index (χ3n) is 5.81. The molecule has 2 heterocycles. The Balaban J connectivity index is 1.58. The summed E-state index contributed by atoms with van der Waals surface area (Å²) in [5.41, 5.74) is 7.52. The summed E-state index contributed by atoms with van der Waals surface area (Å²) < 4.78 is 19.6. The number of nitrogens with zero attached hydrogens (tertiary/aromatic N) is 4. The zero-order chi connectivity index (χ0) is 19.5. The molecule has 0 bridgehead atoms. The van der Waals surface area contributed by atoms with Crippen molar-refractivity contribution in [2.75, 3.05) is 13.1 Å². The molecule has 4 atom stereocenters. The Bertz CT molecular complexity index is 853. The molecule has 1 saturated carbocycles. The van der Waals surface area contributed by atoms with E-state index in [-0.39, 0.29) is 41.5 Å². The van der Waals surface area contributed by atoms with Gasteiger partial charge in [-0.3, -0.25) is 4.90 Å². The fourth-order valence-electron chi connectivity index (χ4n) is 4.47. The van der Waals surface area contributed by atoms with Crippen LogP contribution < -0.4 is 10.5 Å². The largest absolute Gasteiger partial charge is 0.471 e. The molecule has 146 valence electrons. The Labute approximate surface area is 164 Å². The van der Waals surface area contributed by atoms with E-state index in [0.29, 0.717) is 0 Å². The maximum Gasteiger partial charge on any atom is 0.251 e. The van der Waals surface area contributed by atoms with Crippen LogP contribution in [0.4, 0.5) is 4.39 Å². The van der Waals surface area contributed by atoms with Crippen LogP contribution >= 0.6 is 0 Å². The van der Waals surface area contributed by atoms with Gasteiger partial charge in [-0.2, -0.15) is 5.26 Å². The maximum absolute atomic E-state index is 13.3. The summed E-state index contributed by atoms with van der Waals surface area (Å²) >= 11 is 0. The number of hydrogen-bond acceptors (Lipinski definition) is 6. The van der Waals surface area contributed by atoms with Crippen LogP contribution in [0, 0.1) is 17.1 Å². The average molecular weight is 381 g/mol. The molecule has 1 aliphatic heterocycles. The van der Waals surface area contributed by atoms with E-state index < -0.39 is 0 Å². The number of benzene rings is 1. The lowest BCUT2D eigenvalue weighted by atomic mass is 9.97. The molecule has 1 aromatic heterocycles. The van der Waals surface area contributed by atoms with Gasteiger partial charge in [-0.1, -0.05) is 12.1 Å². The van der Waals surface area contributed by atoms with E-state index in [0.717, 1.165) is 44.3 Å². The summed E-state index contributed by atoms with van der Waals surface area (Å²) in [7, 11) is 0. The van der Waals surface area contributed by atoms with Gasteiger partial charge in [-0.15, -0.1) is 0 Å². The van der Waals surface area contributed by atoms with Crippen LogP contribution in [-0.2, 0) is 0 Å². The Kier molecular flexibility index (Phi) is 5.51. The Morgan fingerprint density at radius 2 is 1.96 bits per heavy atom. The molecule has 0 spiro atoms. The number of piperidine rings is 1. The third-order valence-corrected chi connectivity index (χ3v) is 5.81. The highest BCUT2D eigenvalue weighted by atomic mass is 19.1. The smallest absolute Gasteiger partial charge is 0.251 e. The monoisotopic (exact) mass is 381 g/mol. The van der Waals surface area contributed by atoms with Crippen molar-refractivity contribution in [2.45, 2.75) is 49.8 Å². The summed E-state index contributed by atoms with van der Waals surface area (Å²) in [6.45, 7) is 1.83. The van der Waals surface area contributed by atoms with Gasteiger partial charge in [0.2, 0.25) is 5.69 Å². The molecule has 4 unspecified atom stereocenters. The summed E-state index contributed by atoms with van der Waals surface area (Å²) in [6, 6.07) is 9.11. The molecule has 7 heteroatoms. The van der Waals surface area contributed by atoms with Crippen molar-refractivity contribution in [1.82, 2.24) is 14.9 Å². The zero-order valence-corrected chi connectivity index (χ0v) is 15.7. The lowest BCUT2D eigenvalue weighted by Crippen LogP contribution is -2.51. The van der Waals surface area contributed by atoms with E-state index in [1.165, 1.54) is 24.5 Å². The molecular formula is C21H24FN5O. The number of nitriles is 1. The minimum atomic E-state index is -0.230. The molecule has 1 aromatic carbocycles. The van der Waals surface area contributed by atoms with Crippen LogP contribution in [-0.4, -0.2) is 46.1 Å². The first-order chi connectivity index (χ1) is 13.6. The maximum atomic E-state index is 13.3. The van der Waals surface area contributed by atoms with Crippen LogP contribution in [0.25, 0.3) is 0 Å². The van der Waals surface area contributed by atoms with Gasteiger partial charge in [0.1, 0.15) is 18.0 Å². The van der Waals surface area contributed by atoms with Crippen molar-refractivity contribution in [2.24, 2.45) is 5.73 Å². The van der Waals surface area contributed by atoms with E-state index in [1.54, 1.807) is 0 Å². The fraction of sp³-hybridized carbons (Fsp3) is 0.476. The molecule has 6 nitrogen and oxygen atoms in total. The van der Waals surface area contributed by atoms with Crippen LogP contribution in [0.3, 0.4) is 0 Å². The van der Waals surface area contributed by atoms with Gasteiger partial charge in [-0.05, 0) is 55.8 Å². The SMILES string of the molecule is N#Cc1nccnc1OC1CC(c2ccc(F)cc2)CC1N1CCCC(N)C1. The molecule has 4 rings (SSSR count). The number of aromatic nitrogens is 2. The summed E-state index contributed by atoms with van der Waals surface area (Å²) in [4.78, 5) is 10.7. The van der Waals surface area contributed by atoms with E-state index >= 15 is 0 Å². The van der Waals surface area contributed by atoms with Gasteiger partial charge in [0.15, 0.2) is 0 Å². The van der Waals surface area contributed by atoms with Crippen molar-refractivity contribution < 1.29 is 9.13 Å². The molecule has 0 radical (unpaired) electrons. The van der Waals surface area contributed by atoms with Gasteiger partial charge in [0, 0.05) is 31.0 Å². The van der Waals surface area contributed by atoms with Gasteiger partial charge in [-0.25, -0.2) is 14.4 Å². The van der Waals surface area contributed by atoms with Crippen LogP contribution in [0.15, 0.2) is 36.7 Å². The second-order valence-corrected chi connectivity index (χ2v) is 7.66. The van der Waals surface area contributed by atoms with Crippen molar-refractivity contribution in [3.05, 3.63) is 53.7 Å². The predicted molar refractivity (Wildman–Crippen MR) is 102 cm³/mol. The predicted octanol–water partition coefficient (Wildman–Crippen LogP) is 2.60. The quantitative estimate of drug-likeness (QED) is 0.876. The number of ether oxygens (including phenoxy) is 1. The van der Waals surface area contributed by atoms with Crippen molar-refractivity contribution in [3.8, 4) is 11.9 Å². The molecule has 2 N–H and O–H groups in total. The number of halogens is 1. The molecule has 2 aromatic rings. The summed E-state index contributed by atoms with van der Waals surface area (Å²) in [6.07, 6.45) is 6.70. The molecular weight excluding hydrogens is 357 g/mol. The third kappa shape index (κ3) is 3.98. The van der Waals surface area contributed by atoms with Gasteiger partial charge >= 0.3 is 0 Å². The van der Waals surface area contributed by atoms with Gasteiger partial charge < -0.3 is 10.5 Å². The Morgan fingerprint density at radius 3 is 2.71 bits per heavy atom. The minimum Gasteiger partial charge on any atom is -0.471 e. The van der Waals surface area contributed by atoms with Crippen LogP contribution in [0.1, 0.15) is 42.9 Å². The summed E-state index contributed by atoms with van der Waals surface area (Å²) in [5, 5.41) is 9.30. The number of nitrogens with two attached hydrogens (primary N) is 1. The highest BCUT2D eigenvalue weighted by Gasteiger charge is 2.41.